The summed E-state index contributed by atoms with van der Waals surface area (Å²) in [6.07, 6.45) is 7.90. The number of imidazole rings is 1. The summed E-state index contributed by atoms with van der Waals surface area (Å²) in [7, 11) is 3.37. The Labute approximate surface area is 183 Å². The quantitative estimate of drug-likeness (QED) is 0.628. The number of nitrogens with one attached hydrogen (secondary N) is 1. The van der Waals surface area contributed by atoms with E-state index >= 15 is 0 Å². The lowest BCUT2D eigenvalue weighted by Gasteiger charge is -2.41. The first-order chi connectivity index (χ1) is 15.4. The fraction of sp³-hybridized carbons (Fsp3) is 0.409. The molecule has 5 rings (SSSR count). The largest absolute Gasteiger partial charge is 0.507 e. The van der Waals surface area contributed by atoms with Crippen LogP contribution in [0.2, 0.25) is 0 Å². The fourth-order valence-corrected chi connectivity index (χ4v) is 4.79. The summed E-state index contributed by atoms with van der Waals surface area (Å²) in [5.74, 6) is -2.12. The van der Waals surface area contributed by atoms with E-state index in [0.29, 0.717) is 17.1 Å². The maximum absolute atomic E-state index is 14.3. The Morgan fingerprint density at radius 3 is 2.78 bits per heavy atom. The van der Waals surface area contributed by atoms with Crippen LogP contribution < -0.4 is 10.2 Å². The Morgan fingerprint density at radius 2 is 2.12 bits per heavy atom. The third kappa shape index (κ3) is 3.49. The van der Waals surface area contributed by atoms with Crippen molar-refractivity contribution in [1.29, 1.82) is 0 Å². The van der Waals surface area contributed by atoms with Gasteiger partial charge in [-0.05, 0) is 18.6 Å². The first kappa shape index (κ1) is 20.8. The number of halogens is 2. The molecule has 0 unspecified atom stereocenters. The van der Waals surface area contributed by atoms with Gasteiger partial charge < -0.3 is 24.6 Å². The molecule has 2 N–H and O–H groups in total. The van der Waals surface area contributed by atoms with Crippen molar-refractivity contribution in [2.75, 3.05) is 19.1 Å². The van der Waals surface area contributed by atoms with Crippen LogP contribution in [-0.4, -0.2) is 68.9 Å². The van der Waals surface area contributed by atoms with Crippen LogP contribution in [0.4, 0.5) is 14.6 Å². The van der Waals surface area contributed by atoms with Gasteiger partial charge in [-0.2, -0.15) is 0 Å². The van der Waals surface area contributed by atoms with Crippen LogP contribution in [0, 0.1) is 0 Å². The highest BCUT2D eigenvalue weighted by atomic mass is 19.3. The fourth-order valence-electron chi connectivity index (χ4n) is 4.79. The number of nitrogens with zero attached hydrogens (tertiary/aromatic N) is 5. The third-order valence-electron chi connectivity index (χ3n) is 6.50. The molecule has 2 fully saturated rings. The molecule has 32 heavy (non-hydrogen) atoms. The second-order valence-corrected chi connectivity index (χ2v) is 8.34. The number of methoxy groups -OCH3 is 1. The summed E-state index contributed by atoms with van der Waals surface area (Å²) >= 11 is 0. The minimum atomic E-state index is -2.74. The van der Waals surface area contributed by atoms with E-state index in [1.165, 1.54) is 0 Å². The Balaban J connectivity index is 1.37. The topological polar surface area (TPSA) is 88.3 Å². The van der Waals surface area contributed by atoms with Crippen LogP contribution in [0.5, 0.6) is 5.75 Å². The average molecular weight is 442 g/mol. The van der Waals surface area contributed by atoms with Crippen LogP contribution in [0.3, 0.4) is 0 Å². The smallest absolute Gasteiger partial charge is 0.264 e. The molecule has 8 nitrogen and oxygen atoms in total. The maximum atomic E-state index is 14.3. The Morgan fingerprint density at radius 1 is 1.28 bits per heavy atom. The van der Waals surface area contributed by atoms with E-state index < -0.39 is 18.0 Å². The number of phenolic OH excluding ortho intramolecular Hbond substituents is 1. The number of fused-ring (bicyclic) bond motifs is 2. The normalized spacial score (nSPS) is 26.2. The van der Waals surface area contributed by atoms with Gasteiger partial charge >= 0.3 is 0 Å². The number of hydrogen-bond donors (Lipinski definition) is 2. The molecule has 2 aliphatic rings. The Kier molecular flexibility index (Phi) is 5.06. The predicted octanol–water partition coefficient (Wildman–Crippen LogP) is 2.62. The third-order valence-corrected chi connectivity index (χ3v) is 6.50. The molecule has 0 spiro atoms. The van der Waals surface area contributed by atoms with Crippen LogP contribution in [-0.2, 0) is 4.74 Å². The van der Waals surface area contributed by atoms with Gasteiger partial charge in [0.05, 0.1) is 48.3 Å². The number of piperidine rings is 1. The van der Waals surface area contributed by atoms with Gasteiger partial charge in [-0.25, -0.2) is 18.7 Å². The monoisotopic (exact) mass is 442 g/mol. The predicted molar refractivity (Wildman–Crippen MR) is 114 cm³/mol. The van der Waals surface area contributed by atoms with Gasteiger partial charge in [0.2, 0.25) is 0 Å². The highest BCUT2D eigenvalue weighted by molar-refractivity contribution is 5.68. The van der Waals surface area contributed by atoms with E-state index in [0.717, 1.165) is 5.69 Å². The van der Waals surface area contributed by atoms with Crippen molar-refractivity contribution in [2.24, 2.45) is 0 Å². The highest BCUT2D eigenvalue weighted by Gasteiger charge is 2.57. The van der Waals surface area contributed by atoms with Crippen LogP contribution in [0.15, 0.2) is 49.3 Å². The zero-order chi connectivity index (χ0) is 22.5. The molecule has 2 bridgehead atoms. The number of aromatic hydroxyl groups is 1. The molecule has 0 saturated carbocycles. The second-order valence-electron chi connectivity index (χ2n) is 8.34. The molecule has 1 aromatic carbocycles. The van der Waals surface area contributed by atoms with Crippen LogP contribution >= 0.6 is 0 Å². The number of benzene rings is 1. The number of phenols is 1. The lowest BCUT2D eigenvalue weighted by Crippen LogP contribution is -2.59. The summed E-state index contributed by atoms with van der Waals surface area (Å²) in [4.78, 5) is 14.8. The van der Waals surface area contributed by atoms with Gasteiger partial charge in [-0.1, -0.05) is 0 Å². The molecule has 168 valence electrons. The summed E-state index contributed by atoms with van der Waals surface area (Å²) in [5.41, 5.74) is 1.83. The van der Waals surface area contributed by atoms with Gasteiger partial charge in [0, 0.05) is 50.6 Å². The van der Waals surface area contributed by atoms with Crippen molar-refractivity contribution >= 4 is 5.82 Å². The molecule has 10 heteroatoms. The number of hydrogen-bond acceptors (Lipinski definition) is 7. The summed E-state index contributed by atoms with van der Waals surface area (Å²) < 4.78 is 35.9. The summed E-state index contributed by atoms with van der Waals surface area (Å²) in [5, 5.41) is 13.5. The number of aromatic nitrogens is 4. The van der Waals surface area contributed by atoms with Gasteiger partial charge in [0.1, 0.15) is 11.6 Å². The maximum Gasteiger partial charge on any atom is 0.264 e. The molecule has 4 heterocycles. The van der Waals surface area contributed by atoms with Crippen LogP contribution in [0.1, 0.15) is 12.8 Å². The van der Waals surface area contributed by atoms with Gasteiger partial charge in [-0.3, -0.25) is 4.98 Å². The summed E-state index contributed by atoms with van der Waals surface area (Å²) in [6.45, 7) is 0. The molecular formula is C22H24F2N6O2. The van der Waals surface area contributed by atoms with Gasteiger partial charge in [-0.15, -0.1) is 0 Å². The second kappa shape index (κ2) is 7.79. The Bertz CT molecular complexity index is 1090. The molecule has 3 aromatic rings. The molecule has 2 saturated heterocycles. The molecule has 2 aromatic heterocycles. The number of likely N-dealkylation sites (N-methyl/N-ethyl adjacent to an activating group) is 1. The van der Waals surface area contributed by atoms with Crippen molar-refractivity contribution in [1.82, 2.24) is 24.8 Å². The van der Waals surface area contributed by atoms with E-state index in [-0.39, 0.29) is 30.7 Å². The number of alkyl halides is 2. The number of rotatable bonds is 5. The van der Waals surface area contributed by atoms with Crippen molar-refractivity contribution in [2.45, 2.75) is 43.0 Å². The minimum Gasteiger partial charge on any atom is -0.507 e. The Hall–Kier alpha value is -3.11. The highest BCUT2D eigenvalue weighted by Crippen LogP contribution is 2.41. The molecule has 2 aliphatic heterocycles. The molecule has 0 radical (unpaired) electrons. The van der Waals surface area contributed by atoms with E-state index in [1.54, 1.807) is 54.9 Å². The van der Waals surface area contributed by atoms with Gasteiger partial charge in [0.15, 0.2) is 0 Å². The summed E-state index contributed by atoms with van der Waals surface area (Å²) in [6, 6.07) is 3.72. The number of anilines is 1. The average Bonchev–Trinajstić information content (AvgIpc) is 3.40. The molecule has 4 atom stereocenters. The molecular weight excluding hydrogens is 418 g/mol. The van der Waals surface area contributed by atoms with E-state index in [1.807, 2.05) is 18.0 Å². The zero-order valence-electron chi connectivity index (χ0n) is 17.7. The van der Waals surface area contributed by atoms with Gasteiger partial charge in [0.25, 0.3) is 5.92 Å². The van der Waals surface area contributed by atoms with Crippen LogP contribution in [0.25, 0.3) is 16.9 Å². The van der Waals surface area contributed by atoms with Crippen molar-refractivity contribution in [3.05, 3.63) is 49.3 Å². The van der Waals surface area contributed by atoms with Crippen molar-refractivity contribution < 1.29 is 18.6 Å². The van der Waals surface area contributed by atoms with Crippen molar-refractivity contribution in [3.8, 4) is 22.7 Å². The van der Waals surface area contributed by atoms with Crippen molar-refractivity contribution in [3.63, 3.8) is 0 Å². The standard InChI is InChI=1S/C22H24F2N6O2/c1-29(17-8-19-22(23,24)9-15(28-19)21(17)32-2)20-11-26-16(10-27-20)14-4-3-13(7-18(14)31)30-6-5-25-12-30/h3-7,10-12,15,17,19,21,28,31H,8-9H2,1-2H3/t15-,17+,19-,21+/m1/s1. The van der Waals surface area contributed by atoms with E-state index in [4.69, 9.17) is 4.74 Å². The zero-order valence-corrected chi connectivity index (χ0v) is 17.7. The lowest BCUT2D eigenvalue weighted by atomic mass is 9.95. The minimum absolute atomic E-state index is 0.0724. The lowest BCUT2D eigenvalue weighted by molar-refractivity contribution is -0.0139. The SMILES string of the molecule is CO[C@H]1[C@H]2CC(F)(F)[C@@H](C[C@@H]1N(C)c1cnc(-c3ccc(-n4ccnc4)cc3O)cn1)N2. The number of ether oxygens (including phenoxy) is 1. The first-order valence-corrected chi connectivity index (χ1v) is 10.4. The van der Waals surface area contributed by atoms with E-state index in [9.17, 15) is 13.9 Å². The first-order valence-electron chi connectivity index (χ1n) is 10.4. The molecule has 0 amide bonds. The molecule has 0 aliphatic carbocycles. The van der Waals surface area contributed by atoms with E-state index in [2.05, 4.69) is 20.3 Å².